The Morgan fingerprint density at radius 1 is 0.800 bits per heavy atom. The molecule has 4 unspecified atom stereocenters. The Bertz CT molecular complexity index is 867. The maximum Gasteiger partial charge on any atom is 0.0664 e. The molecule has 12 atom stereocenters. The summed E-state index contributed by atoms with van der Waals surface area (Å²) in [6.45, 7) is 21.3. The minimum atomic E-state index is -0.461. The van der Waals surface area contributed by atoms with Gasteiger partial charge in [-0.05, 0) is 125 Å². The van der Waals surface area contributed by atoms with Crippen LogP contribution in [0.4, 0.5) is 0 Å². The third kappa shape index (κ3) is 6.13. The third-order valence-electron chi connectivity index (χ3n) is 13.3. The molecule has 0 aromatic rings. The zero-order valence-electron chi connectivity index (χ0n) is 27.6. The predicted octanol–water partition coefficient (Wildman–Crippen LogP) is 7.60. The van der Waals surface area contributed by atoms with Gasteiger partial charge in [0.1, 0.15) is 0 Å². The smallest absolute Gasteiger partial charge is 0.0664 e. The van der Waals surface area contributed by atoms with Gasteiger partial charge in [0.2, 0.25) is 0 Å². The molecule has 4 aliphatic rings. The van der Waals surface area contributed by atoms with Crippen LogP contribution < -0.4 is 0 Å². The zero-order valence-corrected chi connectivity index (χ0v) is 27.6. The Balaban J connectivity index is 1.65. The summed E-state index contributed by atoms with van der Waals surface area (Å²) in [5.41, 5.74) is 3.69. The van der Waals surface area contributed by atoms with E-state index in [9.17, 15) is 15.3 Å². The summed E-state index contributed by atoms with van der Waals surface area (Å²) < 4.78 is 0. The first-order valence-electron chi connectivity index (χ1n) is 17.2. The zero-order chi connectivity index (χ0) is 29.6. The highest BCUT2D eigenvalue weighted by Crippen LogP contribution is 2.68. The van der Waals surface area contributed by atoms with Crippen molar-refractivity contribution in [1.29, 1.82) is 0 Å². The average Bonchev–Trinajstić information content (AvgIpc) is 3.24. The van der Waals surface area contributed by atoms with Crippen LogP contribution in [0.2, 0.25) is 0 Å². The number of fused-ring (bicyclic) bond motifs is 5. The van der Waals surface area contributed by atoms with Crippen LogP contribution in [0.3, 0.4) is 0 Å². The number of aliphatic hydroxyl groups is 3. The maximum atomic E-state index is 10.9. The third-order valence-corrected chi connectivity index (χ3v) is 13.3. The lowest BCUT2D eigenvalue weighted by atomic mass is 9.46. The summed E-state index contributed by atoms with van der Waals surface area (Å²) in [6, 6.07) is -0.0660. The van der Waals surface area contributed by atoms with E-state index < -0.39 is 12.2 Å². The summed E-state index contributed by atoms with van der Waals surface area (Å²) in [5, 5.41) is 32.1. The molecular weight excluding hydrogens is 494 g/mol. The number of nitrogens with zero attached hydrogens (tertiary/aromatic N) is 1. The van der Waals surface area contributed by atoms with E-state index in [1.807, 2.05) is 13.8 Å². The van der Waals surface area contributed by atoms with E-state index in [1.54, 1.807) is 0 Å². The molecule has 4 rings (SSSR count). The molecule has 40 heavy (non-hydrogen) atoms. The molecule has 0 aromatic carbocycles. The molecule has 0 radical (unpaired) electrons. The second kappa shape index (κ2) is 12.7. The molecule has 232 valence electrons. The highest BCUT2D eigenvalue weighted by Gasteiger charge is 2.60. The molecule has 3 fully saturated rings. The standard InChI is InChI=1S/C36H65NO3/c1-22(2)11-10-12-23(3)31-13-14-32-30-19-28(21-37(24(4)26(6)38)25(5)27(7)39)34-20-29(40)15-17-36(34,9)33(30)16-18-35(31,32)8/h22-27,29-33,38-40H,10-21H2,1-9H3/t23-,24?,25?,26?,27?,29+,30+,31-,32+,33+,35-,36-/m1/s1. The topological polar surface area (TPSA) is 63.9 Å². The Labute approximate surface area is 247 Å². The fourth-order valence-corrected chi connectivity index (χ4v) is 10.5. The van der Waals surface area contributed by atoms with E-state index in [4.69, 9.17) is 0 Å². The van der Waals surface area contributed by atoms with Crippen molar-refractivity contribution in [3.63, 3.8) is 0 Å². The lowest BCUT2D eigenvalue weighted by molar-refractivity contribution is -0.0624. The van der Waals surface area contributed by atoms with Crippen molar-refractivity contribution in [3.05, 3.63) is 11.1 Å². The van der Waals surface area contributed by atoms with Gasteiger partial charge in [-0.15, -0.1) is 0 Å². The van der Waals surface area contributed by atoms with E-state index in [2.05, 4.69) is 53.4 Å². The van der Waals surface area contributed by atoms with Gasteiger partial charge in [-0.1, -0.05) is 65.0 Å². The molecule has 0 heterocycles. The number of aliphatic hydroxyl groups excluding tert-OH is 3. The van der Waals surface area contributed by atoms with E-state index in [1.165, 1.54) is 56.1 Å². The van der Waals surface area contributed by atoms with Crippen LogP contribution in [0, 0.1) is 46.3 Å². The quantitative estimate of drug-likeness (QED) is 0.228. The molecule has 4 nitrogen and oxygen atoms in total. The van der Waals surface area contributed by atoms with Crippen LogP contribution >= 0.6 is 0 Å². The predicted molar refractivity (Wildman–Crippen MR) is 167 cm³/mol. The Morgan fingerprint density at radius 3 is 2.05 bits per heavy atom. The molecule has 0 saturated heterocycles. The van der Waals surface area contributed by atoms with E-state index in [0.29, 0.717) is 5.41 Å². The first-order chi connectivity index (χ1) is 18.7. The van der Waals surface area contributed by atoms with Crippen molar-refractivity contribution in [2.24, 2.45) is 46.3 Å². The van der Waals surface area contributed by atoms with Crippen LogP contribution in [0.15, 0.2) is 11.1 Å². The number of hydrogen-bond acceptors (Lipinski definition) is 4. The number of rotatable bonds is 11. The molecule has 4 aliphatic carbocycles. The lowest BCUT2D eigenvalue weighted by Crippen LogP contribution is -2.54. The van der Waals surface area contributed by atoms with Gasteiger partial charge >= 0.3 is 0 Å². The van der Waals surface area contributed by atoms with Crippen molar-refractivity contribution >= 4 is 0 Å². The summed E-state index contributed by atoms with van der Waals surface area (Å²) in [5.74, 6) is 4.70. The maximum absolute atomic E-state index is 10.9. The van der Waals surface area contributed by atoms with Crippen molar-refractivity contribution in [1.82, 2.24) is 4.90 Å². The molecule has 3 N–H and O–H groups in total. The molecule has 0 bridgehead atoms. The minimum Gasteiger partial charge on any atom is -0.393 e. The Morgan fingerprint density at radius 2 is 1.45 bits per heavy atom. The molecule has 0 amide bonds. The first-order valence-corrected chi connectivity index (χ1v) is 17.2. The summed E-state index contributed by atoms with van der Waals surface area (Å²) in [7, 11) is 0. The largest absolute Gasteiger partial charge is 0.393 e. The molecule has 0 aromatic heterocycles. The van der Waals surface area contributed by atoms with E-state index in [0.717, 1.165) is 67.7 Å². The molecular formula is C36H65NO3. The fourth-order valence-electron chi connectivity index (χ4n) is 10.5. The van der Waals surface area contributed by atoms with Gasteiger partial charge in [0.25, 0.3) is 0 Å². The van der Waals surface area contributed by atoms with Crippen LogP contribution in [-0.2, 0) is 0 Å². The first kappa shape index (κ1) is 32.5. The Kier molecular flexibility index (Phi) is 10.3. The monoisotopic (exact) mass is 559 g/mol. The lowest BCUT2D eigenvalue weighted by Gasteiger charge is -2.60. The van der Waals surface area contributed by atoms with Gasteiger partial charge < -0.3 is 15.3 Å². The van der Waals surface area contributed by atoms with Crippen LogP contribution in [0.25, 0.3) is 0 Å². The van der Waals surface area contributed by atoms with Gasteiger partial charge in [-0.2, -0.15) is 0 Å². The van der Waals surface area contributed by atoms with Crippen molar-refractivity contribution < 1.29 is 15.3 Å². The van der Waals surface area contributed by atoms with Gasteiger partial charge in [-0.3, -0.25) is 4.90 Å². The van der Waals surface area contributed by atoms with Gasteiger partial charge in [-0.25, -0.2) is 0 Å². The summed E-state index contributed by atoms with van der Waals surface area (Å²) >= 11 is 0. The molecule has 4 heteroatoms. The SMILES string of the molecule is CC(C)CCC[C@@H](C)[C@H]1CC[C@H]2[C@@H]3CC(CN(C(C)C(C)O)C(C)C(C)O)=C4C[C@@H](O)CC[C@]4(C)[C@H]3CC[C@]12C. The van der Waals surface area contributed by atoms with Gasteiger partial charge in [0.15, 0.2) is 0 Å². The van der Waals surface area contributed by atoms with Crippen molar-refractivity contribution in [2.45, 2.75) is 163 Å². The van der Waals surface area contributed by atoms with Crippen LogP contribution in [0.1, 0.15) is 133 Å². The molecule has 0 aliphatic heterocycles. The normalized spacial score (nSPS) is 39.9. The second-order valence-corrected chi connectivity index (χ2v) is 16.1. The highest BCUT2D eigenvalue weighted by atomic mass is 16.3. The Hall–Kier alpha value is -0.420. The fraction of sp³-hybridized carbons (Fsp3) is 0.944. The number of hydrogen-bond donors (Lipinski definition) is 3. The van der Waals surface area contributed by atoms with E-state index in [-0.39, 0.29) is 23.6 Å². The van der Waals surface area contributed by atoms with Crippen molar-refractivity contribution in [2.75, 3.05) is 6.54 Å². The average molecular weight is 560 g/mol. The highest BCUT2D eigenvalue weighted by molar-refractivity contribution is 5.32. The second-order valence-electron chi connectivity index (χ2n) is 16.1. The molecule has 0 spiro atoms. The van der Waals surface area contributed by atoms with Crippen LogP contribution in [0.5, 0.6) is 0 Å². The van der Waals surface area contributed by atoms with Crippen molar-refractivity contribution in [3.8, 4) is 0 Å². The summed E-state index contributed by atoms with van der Waals surface area (Å²) in [4.78, 5) is 2.36. The molecule has 3 saturated carbocycles. The minimum absolute atomic E-state index is 0.0330. The summed E-state index contributed by atoms with van der Waals surface area (Å²) in [6.07, 6.45) is 12.4. The van der Waals surface area contributed by atoms with E-state index >= 15 is 0 Å². The van der Waals surface area contributed by atoms with Gasteiger partial charge in [0, 0.05) is 18.6 Å². The van der Waals surface area contributed by atoms with Crippen LogP contribution in [-0.4, -0.2) is 57.2 Å². The van der Waals surface area contributed by atoms with Gasteiger partial charge in [0.05, 0.1) is 18.3 Å².